The number of oxime groups is 1. The van der Waals surface area contributed by atoms with Crippen molar-refractivity contribution in [3.63, 3.8) is 0 Å². The Bertz CT molecular complexity index is 332. The van der Waals surface area contributed by atoms with Crippen LogP contribution in [0.15, 0.2) is 15.2 Å². The molecule has 5 nitrogen and oxygen atoms in total. The maximum atomic E-state index is 11.2. The molecule has 0 atom stereocenters. The van der Waals surface area contributed by atoms with Crippen LogP contribution in [0.2, 0.25) is 0 Å². The minimum atomic E-state index is -0.860. The van der Waals surface area contributed by atoms with E-state index in [0.717, 1.165) is 7.11 Å². The lowest BCUT2D eigenvalue weighted by Gasteiger charge is -2.05. The number of hydrogen-bond donors (Lipinski definition) is 0. The molecule has 0 spiro atoms. The molecule has 0 aliphatic rings. The van der Waals surface area contributed by atoms with Crippen molar-refractivity contribution in [2.24, 2.45) is 5.16 Å². The number of ketones is 1. The largest absolute Gasteiger partial charge is 0.464 e. The van der Waals surface area contributed by atoms with Gasteiger partial charge in [0.15, 0.2) is 5.78 Å². The van der Waals surface area contributed by atoms with Gasteiger partial charge in [-0.15, -0.1) is 0 Å². The number of carbonyl (C=O) groups is 2. The van der Waals surface area contributed by atoms with Crippen LogP contribution in [0, 0.1) is 0 Å². The second-order valence-corrected chi connectivity index (χ2v) is 3.26. The fraction of sp³-hybridized carbons (Fsp3) is 0.375. The number of rotatable bonds is 4. The number of carbonyl (C=O) groups excluding carboxylic acids is 2. The highest BCUT2D eigenvalue weighted by atomic mass is 35.5. The average Bonchev–Trinajstić information content (AvgIpc) is 2.14. The van der Waals surface area contributed by atoms with Gasteiger partial charge >= 0.3 is 5.97 Å². The van der Waals surface area contributed by atoms with Crippen molar-refractivity contribution in [2.75, 3.05) is 14.2 Å². The summed E-state index contributed by atoms with van der Waals surface area (Å²) in [5.74, 6) is -1.38. The van der Waals surface area contributed by atoms with Crippen molar-refractivity contribution in [3.8, 4) is 0 Å². The zero-order valence-electron chi connectivity index (χ0n) is 8.34. The number of halogens is 2. The van der Waals surface area contributed by atoms with Crippen molar-refractivity contribution in [3.05, 3.63) is 10.1 Å². The van der Waals surface area contributed by atoms with Gasteiger partial charge in [-0.2, -0.15) is 0 Å². The number of esters is 1. The maximum Gasteiger partial charge on any atom is 0.360 e. The number of methoxy groups -OCH3 is 1. The van der Waals surface area contributed by atoms with Crippen molar-refractivity contribution < 1.29 is 19.2 Å². The molecule has 0 fully saturated rings. The lowest BCUT2D eigenvalue weighted by molar-refractivity contribution is -0.133. The SMILES string of the molecule is CO/N=C(\C(=O)OC)C(C(C)=O)=C(Cl)Cl. The van der Waals surface area contributed by atoms with Crippen LogP contribution in [-0.4, -0.2) is 31.7 Å². The van der Waals surface area contributed by atoms with E-state index < -0.39 is 11.8 Å². The molecule has 0 aromatic rings. The minimum absolute atomic E-state index is 0.243. The van der Waals surface area contributed by atoms with Crippen LogP contribution in [0.1, 0.15) is 6.92 Å². The monoisotopic (exact) mass is 253 g/mol. The molecule has 84 valence electrons. The maximum absolute atomic E-state index is 11.2. The molecule has 0 unspecified atom stereocenters. The van der Waals surface area contributed by atoms with Gasteiger partial charge in [-0.05, 0) is 6.92 Å². The first-order valence-corrected chi connectivity index (χ1v) is 4.47. The predicted molar refractivity (Wildman–Crippen MR) is 55.9 cm³/mol. The summed E-state index contributed by atoms with van der Waals surface area (Å²) in [5.41, 5.74) is -0.612. The highest BCUT2D eigenvalue weighted by Gasteiger charge is 2.24. The summed E-state index contributed by atoms with van der Waals surface area (Å²) in [7, 11) is 2.34. The summed E-state index contributed by atoms with van der Waals surface area (Å²) in [6, 6.07) is 0. The third-order valence-electron chi connectivity index (χ3n) is 1.34. The Labute approximate surface area is 96.6 Å². The van der Waals surface area contributed by atoms with E-state index in [1.165, 1.54) is 14.0 Å². The van der Waals surface area contributed by atoms with Gasteiger partial charge < -0.3 is 9.57 Å². The molecule has 15 heavy (non-hydrogen) atoms. The number of hydrogen-bond acceptors (Lipinski definition) is 5. The van der Waals surface area contributed by atoms with E-state index in [1.807, 2.05) is 0 Å². The second-order valence-electron chi connectivity index (χ2n) is 2.31. The topological polar surface area (TPSA) is 65.0 Å². The summed E-state index contributed by atoms with van der Waals surface area (Å²) in [6.45, 7) is 1.19. The van der Waals surface area contributed by atoms with Gasteiger partial charge in [0.25, 0.3) is 0 Å². The van der Waals surface area contributed by atoms with Crippen LogP contribution >= 0.6 is 23.2 Å². The lowest BCUT2D eigenvalue weighted by atomic mass is 10.1. The van der Waals surface area contributed by atoms with Crippen LogP contribution in [0.25, 0.3) is 0 Å². The van der Waals surface area contributed by atoms with Gasteiger partial charge in [0, 0.05) is 0 Å². The Morgan fingerprint density at radius 1 is 1.20 bits per heavy atom. The van der Waals surface area contributed by atoms with Crippen LogP contribution in [0.4, 0.5) is 0 Å². The summed E-state index contributed by atoms with van der Waals surface area (Å²) in [6.07, 6.45) is 0. The van der Waals surface area contributed by atoms with Gasteiger partial charge in [0.05, 0.1) is 12.7 Å². The first-order chi connectivity index (χ1) is 6.95. The van der Waals surface area contributed by atoms with E-state index in [2.05, 4.69) is 14.7 Å². The molecule has 0 saturated heterocycles. The number of ether oxygens (including phenoxy) is 1. The highest BCUT2D eigenvalue weighted by Crippen LogP contribution is 2.17. The molecule has 0 heterocycles. The van der Waals surface area contributed by atoms with Crippen molar-refractivity contribution in [1.29, 1.82) is 0 Å². The first-order valence-electron chi connectivity index (χ1n) is 3.71. The van der Waals surface area contributed by atoms with Crippen LogP contribution in [0.3, 0.4) is 0 Å². The molecule has 0 rings (SSSR count). The van der Waals surface area contributed by atoms with Gasteiger partial charge in [-0.25, -0.2) is 4.79 Å². The molecule has 0 radical (unpaired) electrons. The van der Waals surface area contributed by atoms with Crippen molar-refractivity contribution >= 4 is 40.7 Å². The van der Waals surface area contributed by atoms with Gasteiger partial charge in [-0.1, -0.05) is 28.4 Å². The van der Waals surface area contributed by atoms with Gasteiger partial charge in [0.2, 0.25) is 5.71 Å². The van der Waals surface area contributed by atoms with Gasteiger partial charge in [0.1, 0.15) is 11.6 Å². The number of nitrogens with zero attached hydrogens (tertiary/aromatic N) is 1. The zero-order valence-corrected chi connectivity index (χ0v) is 9.85. The Balaban J connectivity index is 5.43. The molecule has 0 aliphatic carbocycles. The quantitative estimate of drug-likeness (QED) is 0.329. The van der Waals surface area contributed by atoms with Gasteiger partial charge in [-0.3, -0.25) is 4.79 Å². The molecule has 0 N–H and O–H groups in total. The van der Waals surface area contributed by atoms with E-state index in [0.29, 0.717) is 0 Å². The van der Waals surface area contributed by atoms with Crippen LogP contribution in [0.5, 0.6) is 0 Å². The molecule has 0 aromatic carbocycles. The third-order valence-corrected chi connectivity index (χ3v) is 1.72. The van der Waals surface area contributed by atoms with E-state index in [4.69, 9.17) is 23.2 Å². The van der Waals surface area contributed by atoms with E-state index >= 15 is 0 Å². The molecule has 7 heteroatoms. The Morgan fingerprint density at radius 3 is 2.00 bits per heavy atom. The van der Waals surface area contributed by atoms with E-state index in [9.17, 15) is 9.59 Å². The molecule has 0 bridgehead atoms. The Morgan fingerprint density at radius 2 is 1.73 bits per heavy atom. The summed E-state index contributed by atoms with van der Waals surface area (Å²) in [4.78, 5) is 26.8. The lowest BCUT2D eigenvalue weighted by Crippen LogP contribution is -2.22. The van der Waals surface area contributed by atoms with Crippen molar-refractivity contribution in [1.82, 2.24) is 0 Å². The highest BCUT2D eigenvalue weighted by molar-refractivity contribution is 6.63. The number of Topliss-reactive ketones (excluding diaryl/α,β-unsaturated/α-hetero) is 1. The second kappa shape index (κ2) is 6.42. The smallest absolute Gasteiger partial charge is 0.360 e. The normalized spacial score (nSPS) is 10.6. The Hall–Kier alpha value is -1.07. The van der Waals surface area contributed by atoms with Crippen molar-refractivity contribution in [2.45, 2.75) is 6.92 Å². The molecule has 0 amide bonds. The fourth-order valence-electron chi connectivity index (χ4n) is 0.762. The van der Waals surface area contributed by atoms with Crippen LogP contribution in [-0.2, 0) is 19.2 Å². The molecule has 0 aliphatic heterocycles. The summed E-state index contributed by atoms with van der Waals surface area (Å²) >= 11 is 10.9. The predicted octanol–water partition coefficient (Wildman–Crippen LogP) is 1.44. The zero-order chi connectivity index (χ0) is 12.0. The van der Waals surface area contributed by atoms with Crippen LogP contribution < -0.4 is 0 Å². The average molecular weight is 254 g/mol. The van der Waals surface area contributed by atoms with E-state index in [1.54, 1.807) is 0 Å². The molecular formula is C8H9Cl2NO4. The molecule has 0 saturated carbocycles. The standard InChI is InChI=1S/C8H9Cl2NO4/c1-4(12)5(7(9)10)6(11-15-3)8(13)14-2/h1-3H3/b11-6-. The fourth-order valence-corrected chi connectivity index (χ4v) is 1.21. The summed E-state index contributed by atoms with van der Waals surface area (Å²) in [5, 5.41) is 3.33. The molecular weight excluding hydrogens is 245 g/mol. The summed E-state index contributed by atoms with van der Waals surface area (Å²) < 4.78 is 4.02. The molecule has 0 aromatic heterocycles. The third kappa shape index (κ3) is 3.89. The first kappa shape index (κ1) is 13.9. The Kier molecular flexibility index (Phi) is 5.96. The minimum Gasteiger partial charge on any atom is -0.464 e. The van der Waals surface area contributed by atoms with E-state index in [-0.39, 0.29) is 15.8 Å².